The summed E-state index contributed by atoms with van der Waals surface area (Å²) >= 11 is 0. The van der Waals surface area contributed by atoms with Gasteiger partial charge >= 0.3 is 0 Å². The molecule has 4 heterocycles. The molecule has 0 bridgehead atoms. The van der Waals surface area contributed by atoms with Gasteiger partial charge in [0.05, 0.1) is 17.4 Å². The van der Waals surface area contributed by atoms with Crippen molar-refractivity contribution in [3.8, 4) is 0 Å². The first kappa shape index (κ1) is 16.8. The first-order valence-electron chi connectivity index (χ1n) is 9.21. The zero-order chi connectivity index (χ0) is 18.1. The Bertz CT molecular complexity index is 927. The van der Waals surface area contributed by atoms with Crippen LogP contribution in [0.25, 0.3) is 5.65 Å². The van der Waals surface area contributed by atoms with Crippen molar-refractivity contribution in [3.63, 3.8) is 0 Å². The Kier molecular flexibility index (Phi) is 4.44. The van der Waals surface area contributed by atoms with E-state index >= 15 is 0 Å². The van der Waals surface area contributed by atoms with Gasteiger partial charge in [-0.2, -0.15) is 10.2 Å². The van der Waals surface area contributed by atoms with Gasteiger partial charge in [0.2, 0.25) is 5.91 Å². The zero-order valence-corrected chi connectivity index (χ0v) is 15.3. The molecule has 1 aliphatic rings. The molecule has 1 saturated heterocycles. The molecule has 1 aliphatic heterocycles. The van der Waals surface area contributed by atoms with Crippen LogP contribution in [0.15, 0.2) is 30.6 Å². The second kappa shape index (κ2) is 6.90. The highest BCUT2D eigenvalue weighted by Crippen LogP contribution is 2.30. The van der Waals surface area contributed by atoms with Crippen molar-refractivity contribution in [3.05, 3.63) is 47.7 Å². The average Bonchev–Trinajstić information content (AvgIpc) is 3.23. The molecule has 7 nitrogen and oxygen atoms in total. The van der Waals surface area contributed by atoms with Crippen LogP contribution in [-0.2, 0) is 18.3 Å². The predicted octanol–water partition coefficient (Wildman–Crippen LogP) is 2.46. The van der Waals surface area contributed by atoms with Gasteiger partial charge in [-0.15, -0.1) is 0 Å². The summed E-state index contributed by atoms with van der Waals surface area (Å²) < 4.78 is 3.62. The summed E-state index contributed by atoms with van der Waals surface area (Å²) in [5, 5.41) is 8.56. The number of amides is 1. The van der Waals surface area contributed by atoms with Crippen molar-refractivity contribution in [1.82, 2.24) is 29.3 Å². The van der Waals surface area contributed by atoms with Gasteiger partial charge in [-0.05, 0) is 44.7 Å². The number of aromatic nitrogens is 5. The van der Waals surface area contributed by atoms with Crippen molar-refractivity contribution < 1.29 is 4.79 Å². The minimum atomic E-state index is 0.0583. The van der Waals surface area contributed by atoms with Crippen LogP contribution < -0.4 is 0 Å². The van der Waals surface area contributed by atoms with Gasteiger partial charge in [-0.3, -0.25) is 9.48 Å². The van der Waals surface area contributed by atoms with Gasteiger partial charge in [0, 0.05) is 44.2 Å². The molecule has 1 amide bonds. The van der Waals surface area contributed by atoms with Gasteiger partial charge in [0.1, 0.15) is 0 Å². The van der Waals surface area contributed by atoms with E-state index in [1.807, 2.05) is 47.9 Å². The van der Waals surface area contributed by atoms with Gasteiger partial charge in [0.15, 0.2) is 5.65 Å². The summed E-state index contributed by atoms with van der Waals surface area (Å²) in [6.07, 6.45) is 8.09. The number of carbonyl (C=O) groups excluding carboxylic acids is 1. The number of likely N-dealkylation sites (tertiary alicyclic amines) is 1. The fraction of sp³-hybridized carbons (Fsp3) is 0.474. The molecule has 3 aromatic rings. The molecule has 0 aliphatic carbocycles. The van der Waals surface area contributed by atoms with E-state index in [2.05, 4.69) is 10.2 Å². The van der Waals surface area contributed by atoms with E-state index in [-0.39, 0.29) is 11.9 Å². The van der Waals surface area contributed by atoms with Crippen molar-refractivity contribution in [2.24, 2.45) is 7.05 Å². The van der Waals surface area contributed by atoms with Crippen molar-refractivity contribution in [2.45, 2.75) is 45.1 Å². The van der Waals surface area contributed by atoms with Crippen LogP contribution in [0.3, 0.4) is 0 Å². The highest BCUT2D eigenvalue weighted by atomic mass is 16.2. The molecule has 7 heteroatoms. The zero-order valence-electron chi connectivity index (χ0n) is 15.3. The maximum atomic E-state index is 12.9. The fourth-order valence-corrected chi connectivity index (χ4v) is 3.76. The summed E-state index contributed by atoms with van der Waals surface area (Å²) in [7, 11) is 1.91. The molecular formula is C19H24N6O. The van der Waals surface area contributed by atoms with Crippen molar-refractivity contribution >= 4 is 11.6 Å². The molecular weight excluding hydrogens is 328 g/mol. The number of hydrogen-bond acceptors (Lipinski definition) is 4. The van der Waals surface area contributed by atoms with E-state index in [1.54, 1.807) is 10.7 Å². The van der Waals surface area contributed by atoms with Crippen LogP contribution in [0.4, 0.5) is 0 Å². The maximum absolute atomic E-state index is 12.9. The summed E-state index contributed by atoms with van der Waals surface area (Å²) in [6, 6.07) is 6.00. The molecule has 3 aromatic heterocycles. The molecule has 4 rings (SSSR count). The predicted molar refractivity (Wildman–Crippen MR) is 97.6 cm³/mol. The number of rotatable bonds is 4. The van der Waals surface area contributed by atoms with Gasteiger partial charge < -0.3 is 4.90 Å². The Labute approximate surface area is 152 Å². The first-order chi connectivity index (χ1) is 12.6. The molecule has 1 atom stereocenters. The lowest BCUT2D eigenvalue weighted by Gasteiger charge is -2.35. The molecule has 0 N–H and O–H groups in total. The number of aryl methyl sites for hydroxylation is 3. The average molecular weight is 352 g/mol. The first-order valence-corrected chi connectivity index (χ1v) is 9.21. The number of fused-ring (bicyclic) bond motifs is 1. The van der Waals surface area contributed by atoms with Crippen molar-refractivity contribution in [1.29, 1.82) is 0 Å². The lowest BCUT2D eigenvalue weighted by molar-refractivity contribution is -0.135. The van der Waals surface area contributed by atoms with E-state index < -0.39 is 0 Å². The minimum absolute atomic E-state index is 0.0583. The van der Waals surface area contributed by atoms with Gasteiger partial charge in [0.25, 0.3) is 0 Å². The molecule has 0 aromatic carbocycles. The van der Waals surface area contributed by atoms with E-state index in [1.165, 1.54) is 0 Å². The van der Waals surface area contributed by atoms with E-state index in [0.717, 1.165) is 48.5 Å². The quantitative estimate of drug-likeness (QED) is 0.723. The van der Waals surface area contributed by atoms with Crippen LogP contribution in [-0.4, -0.2) is 41.7 Å². The van der Waals surface area contributed by atoms with E-state index in [0.29, 0.717) is 12.8 Å². The highest BCUT2D eigenvalue weighted by molar-refractivity contribution is 5.77. The maximum Gasteiger partial charge on any atom is 0.223 e. The second-order valence-electron chi connectivity index (χ2n) is 6.99. The van der Waals surface area contributed by atoms with Gasteiger partial charge in [-0.25, -0.2) is 9.50 Å². The molecule has 0 spiro atoms. The molecule has 26 heavy (non-hydrogen) atoms. The van der Waals surface area contributed by atoms with Crippen molar-refractivity contribution in [2.75, 3.05) is 6.54 Å². The monoisotopic (exact) mass is 352 g/mol. The van der Waals surface area contributed by atoms with Crippen LogP contribution in [0.5, 0.6) is 0 Å². The number of carbonyl (C=O) groups is 1. The Hall–Kier alpha value is -2.70. The lowest BCUT2D eigenvalue weighted by Crippen LogP contribution is -2.39. The molecule has 0 saturated carbocycles. The highest BCUT2D eigenvalue weighted by Gasteiger charge is 2.29. The number of hydrogen-bond donors (Lipinski definition) is 0. The molecule has 0 radical (unpaired) electrons. The minimum Gasteiger partial charge on any atom is -0.334 e. The topological polar surface area (TPSA) is 68.3 Å². The summed E-state index contributed by atoms with van der Waals surface area (Å²) in [4.78, 5) is 19.7. The molecule has 0 unspecified atom stereocenters. The van der Waals surface area contributed by atoms with Crippen LogP contribution in [0.1, 0.15) is 48.8 Å². The standard InChI is InChI=1S/C19H24N6O/c1-14-13-18-21-16(9-12-25(18)22-14)17-5-3-4-11-24(17)19(26)7-6-15-8-10-20-23(15)2/h8-10,12-13,17H,3-7,11H2,1-2H3/t17-/m1/s1. The van der Waals surface area contributed by atoms with Crippen LogP contribution >= 0.6 is 0 Å². The second-order valence-corrected chi connectivity index (χ2v) is 6.99. The largest absolute Gasteiger partial charge is 0.334 e. The van der Waals surface area contributed by atoms with Gasteiger partial charge in [-0.1, -0.05) is 0 Å². The Morgan fingerprint density at radius 3 is 3.00 bits per heavy atom. The van der Waals surface area contributed by atoms with E-state index in [9.17, 15) is 4.79 Å². The Balaban J connectivity index is 1.53. The third kappa shape index (κ3) is 3.21. The normalized spacial score (nSPS) is 17.8. The molecule has 1 fully saturated rings. The van der Waals surface area contributed by atoms with Crippen LogP contribution in [0.2, 0.25) is 0 Å². The Morgan fingerprint density at radius 2 is 2.19 bits per heavy atom. The number of piperidine rings is 1. The van der Waals surface area contributed by atoms with E-state index in [4.69, 9.17) is 4.98 Å². The SMILES string of the molecule is Cc1cc2nc([C@H]3CCCCN3C(=O)CCc3ccnn3C)ccn2n1. The third-order valence-corrected chi connectivity index (χ3v) is 5.15. The Morgan fingerprint density at radius 1 is 1.31 bits per heavy atom. The molecule has 136 valence electrons. The summed E-state index contributed by atoms with van der Waals surface area (Å²) in [5.41, 5.74) is 3.84. The smallest absolute Gasteiger partial charge is 0.223 e. The number of nitrogens with zero attached hydrogens (tertiary/aromatic N) is 6. The lowest BCUT2D eigenvalue weighted by atomic mass is 9.98. The summed E-state index contributed by atoms with van der Waals surface area (Å²) in [6.45, 7) is 2.77. The third-order valence-electron chi connectivity index (χ3n) is 5.15. The summed E-state index contributed by atoms with van der Waals surface area (Å²) in [5.74, 6) is 0.197. The fourth-order valence-electron chi connectivity index (χ4n) is 3.76. The van der Waals surface area contributed by atoms with Crippen LogP contribution in [0, 0.1) is 6.92 Å².